The number of aromatic nitrogens is 6. The van der Waals surface area contributed by atoms with Crippen molar-refractivity contribution in [2.24, 2.45) is 0 Å². The van der Waals surface area contributed by atoms with Crippen LogP contribution in [0.2, 0.25) is 0 Å². The highest BCUT2D eigenvalue weighted by Gasteiger charge is 2.22. The summed E-state index contributed by atoms with van der Waals surface area (Å²) in [4.78, 5) is 8.81. The van der Waals surface area contributed by atoms with Crippen LogP contribution in [-0.4, -0.2) is 41.9 Å². The Morgan fingerprint density at radius 1 is 0.964 bits per heavy atom. The Morgan fingerprint density at radius 3 is 2.64 bits per heavy atom. The summed E-state index contributed by atoms with van der Waals surface area (Å²) in [5, 5.41) is 26.9. The minimum absolute atomic E-state index is 0.0464. The number of hydrogen-bond donors (Lipinski definition) is 2. The second kappa shape index (κ2) is 6.27. The third-order valence-corrected chi connectivity index (χ3v) is 4.51. The van der Waals surface area contributed by atoms with Crippen LogP contribution in [0.15, 0.2) is 60.8 Å². The predicted octanol–water partition coefficient (Wildman–Crippen LogP) is 3.15. The van der Waals surface area contributed by atoms with E-state index in [4.69, 9.17) is 5.10 Å². The third kappa shape index (κ3) is 2.43. The molecule has 136 valence electrons. The summed E-state index contributed by atoms with van der Waals surface area (Å²) >= 11 is 0. The minimum atomic E-state index is -0.0464. The third-order valence-electron chi connectivity index (χ3n) is 4.51. The molecule has 2 N–H and O–H groups in total. The van der Waals surface area contributed by atoms with Crippen LogP contribution in [0.1, 0.15) is 0 Å². The number of anilines is 1. The van der Waals surface area contributed by atoms with Gasteiger partial charge in [-0.1, -0.05) is 30.3 Å². The number of fused-ring (bicyclic) bond motifs is 2. The first-order valence-corrected chi connectivity index (χ1v) is 8.70. The van der Waals surface area contributed by atoms with Gasteiger partial charge in [-0.05, 0) is 24.3 Å². The van der Waals surface area contributed by atoms with Gasteiger partial charge in [-0.15, -0.1) is 10.2 Å². The number of pyridine rings is 2. The maximum absolute atomic E-state index is 10.8. The Kier molecular flexibility index (Phi) is 3.61. The molecule has 0 unspecified atom stereocenters. The van der Waals surface area contributed by atoms with E-state index in [2.05, 4.69) is 25.5 Å². The molecule has 0 aliphatic rings. The summed E-state index contributed by atoms with van der Waals surface area (Å²) in [7, 11) is 1.70. The molecule has 4 aromatic heterocycles. The fourth-order valence-electron chi connectivity index (χ4n) is 3.18. The number of rotatable bonds is 3. The number of benzene rings is 1. The first-order valence-electron chi connectivity index (χ1n) is 8.70. The maximum Gasteiger partial charge on any atom is 0.191 e. The largest absolute Gasteiger partial charge is 0.504 e. The lowest BCUT2D eigenvalue weighted by Crippen LogP contribution is -2.01. The molecule has 8 heteroatoms. The van der Waals surface area contributed by atoms with E-state index in [0.717, 1.165) is 11.3 Å². The van der Waals surface area contributed by atoms with Gasteiger partial charge >= 0.3 is 0 Å². The highest BCUT2D eigenvalue weighted by atomic mass is 16.3. The van der Waals surface area contributed by atoms with Crippen LogP contribution in [0.3, 0.4) is 0 Å². The molecule has 5 rings (SSSR count). The molecule has 0 radical (unpaired) electrons. The van der Waals surface area contributed by atoms with Crippen molar-refractivity contribution in [2.75, 3.05) is 12.4 Å². The standard InChI is InChI=1S/C20H15N7O/c1-21-19-18(28)16(17-14(23-19)8-5-11-22-17)20-25-24-15-10-9-13(26-27(15)20)12-6-3-2-4-7-12/h2-11,28H,1H3,(H,21,23). The Balaban J connectivity index is 1.82. The molecule has 4 heterocycles. The average molecular weight is 369 g/mol. The van der Waals surface area contributed by atoms with E-state index >= 15 is 0 Å². The molecule has 0 aliphatic heterocycles. The van der Waals surface area contributed by atoms with E-state index in [1.165, 1.54) is 0 Å². The Bertz CT molecular complexity index is 1310. The molecule has 0 saturated carbocycles. The van der Waals surface area contributed by atoms with E-state index < -0.39 is 0 Å². The normalized spacial score (nSPS) is 11.2. The Morgan fingerprint density at radius 2 is 1.82 bits per heavy atom. The van der Waals surface area contributed by atoms with Gasteiger partial charge in [0.05, 0.1) is 16.8 Å². The first kappa shape index (κ1) is 16.1. The molecule has 0 aliphatic carbocycles. The van der Waals surface area contributed by atoms with E-state index in [0.29, 0.717) is 33.9 Å². The molecule has 5 aromatic rings. The smallest absolute Gasteiger partial charge is 0.191 e. The average Bonchev–Trinajstić information content (AvgIpc) is 3.17. The Labute approximate surface area is 159 Å². The molecule has 0 bridgehead atoms. The molecule has 0 saturated heterocycles. The van der Waals surface area contributed by atoms with Crippen LogP contribution in [-0.2, 0) is 0 Å². The van der Waals surface area contributed by atoms with Crippen molar-refractivity contribution in [2.45, 2.75) is 0 Å². The monoisotopic (exact) mass is 369 g/mol. The fraction of sp³-hybridized carbons (Fsp3) is 0.0500. The number of aromatic hydroxyl groups is 1. The first-order chi connectivity index (χ1) is 13.8. The summed E-state index contributed by atoms with van der Waals surface area (Å²) < 4.78 is 1.62. The number of hydrogen-bond acceptors (Lipinski definition) is 7. The zero-order chi connectivity index (χ0) is 19.1. The fourth-order valence-corrected chi connectivity index (χ4v) is 3.18. The lowest BCUT2D eigenvalue weighted by atomic mass is 10.1. The summed E-state index contributed by atoms with van der Waals surface area (Å²) in [6.07, 6.45) is 1.65. The van der Waals surface area contributed by atoms with E-state index in [-0.39, 0.29) is 5.75 Å². The molecule has 0 spiro atoms. The van der Waals surface area contributed by atoms with Gasteiger partial charge in [0.1, 0.15) is 5.52 Å². The van der Waals surface area contributed by atoms with Crippen LogP contribution in [0, 0.1) is 0 Å². The summed E-state index contributed by atoms with van der Waals surface area (Å²) in [6.45, 7) is 0. The van der Waals surface area contributed by atoms with Gasteiger partial charge in [-0.3, -0.25) is 4.98 Å². The van der Waals surface area contributed by atoms with Crippen molar-refractivity contribution < 1.29 is 5.11 Å². The van der Waals surface area contributed by atoms with Gasteiger partial charge < -0.3 is 10.4 Å². The molecule has 8 nitrogen and oxygen atoms in total. The van der Waals surface area contributed by atoms with E-state index in [9.17, 15) is 5.11 Å². The lowest BCUT2D eigenvalue weighted by Gasteiger charge is -2.10. The molecule has 0 amide bonds. The highest BCUT2D eigenvalue weighted by molar-refractivity contribution is 5.96. The van der Waals surface area contributed by atoms with Gasteiger partial charge in [0, 0.05) is 18.8 Å². The highest BCUT2D eigenvalue weighted by Crippen LogP contribution is 2.38. The van der Waals surface area contributed by atoms with E-state index in [1.807, 2.05) is 48.5 Å². The van der Waals surface area contributed by atoms with Gasteiger partial charge in [-0.2, -0.15) is 9.61 Å². The van der Waals surface area contributed by atoms with Gasteiger partial charge in [0.15, 0.2) is 23.0 Å². The van der Waals surface area contributed by atoms with Crippen LogP contribution >= 0.6 is 0 Å². The molecular formula is C20H15N7O. The molecular weight excluding hydrogens is 354 g/mol. The second-order valence-corrected chi connectivity index (χ2v) is 6.18. The summed E-state index contributed by atoms with van der Waals surface area (Å²) in [5.41, 5.74) is 3.91. The zero-order valence-electron chi connectivity index (χ0n) is 14.9. The molecule has 0 fully saturated rings. The summed E-state index contributed by atoms with van der Waals surface area (Å²) in [5.74, 6) is 0.689. The van der Waals surface area contributed by atoms with Crippen LogP contribution < -0.4 is 5.32 Å². The van der Waals surface area contributed by atoms with Crippen molar-refractivity contribution >= 4 is 22.5 Å². The molecule has 0 atom stereocenters. The van der Waals surface area contributed by atoms with Gasteiger partial charge in [0.2, 0.25) is 0 Å². The molecule has 28 heavy (non-hydrogen) atoms. The van der Waals surface area contributed by atoms with Gasteiger partial charge in [0.25, 0.3) is 0 Å². The SMILES string of the molecule is CNc1nc2cccnc2c(-c2nnc3ccc(-c4ccccc4)nn23)c1O. The van der Waals surface area contributed by atoms with Crippen molar-refractivity contribution in [3.63, 3.8) is 0 Å². The minimum Gasteiger partial charge on any atom is -0.504 e. The quantitative estimate of drug-likeness (QED) is 0.504. The van der Waals surface area contributed by atoms with Crippen LogP contribution in [0.4, 0.5) is 5.82 Å². The van der Waals surface area contributed by atoms with Crippen LogP contribution in [0.25, 0.3) is 39.3 Å². The maximum atomic E-state index is 10.8. The number of nitrogens with one attached hydrogen (secondary N) is 1. The number of nitrogens with zero attached hydrogens (tertiary/aromatic N) is 6. The van der Waals surface area contributed by atoms with Crippen molar-refractivity contribution in [1.29, 1.82) is 0 Å². The Hall–Kier alpha value is -4.07. The second-order valence-electron chi connectivity index (χ2n) is 6.18. The van der Waals surface area contributed by atoms with Crippen LogP contribution in [0.5, 0.6) is 5.75 Å². The van der Waals surface area contributed by atoms with Gasteiger partial charge in [-0.25, -0.2) is 4.98 Å². The topological polar surface area (TPSA) is 101 Å². The predicted molar refractivity (Wildman–Crippen MR) is 106 cm³/mol. The zero-order valence-corrected chi connectivity index (χ0v) is 14.9. The van der Waals surface area contributed by atoms with Crippen molar-refractivity contribution in [3.8, 4) is 28.4 Å². The lowest BCUT2D eigenvalue weighted by molar-refractivity contribution is 0.477. The van der Waals surface area contributed by atoms with Crippen molar-refractivity contribution in [1.82, 2.24) is 29.8 Å². The summed E-state index contributed by atoms with van der Waals surface area (Å²) in [6, 6.07) is 17.2. The van der Waals surface area contributed by atoms with E-state index in [1.54, 1.807) is 23.8 Å². The van der Waals surface area contributed by atoms with Crippen molar-refractivity contribution in [3.05, 3.63) is 60.8 Å². The molecule has 1 aromatic carbocycles.